The predicted octanol–water partition coefficient (Wildman–Crippen LogP) is 4.29. The Morgan fingerprint density at radius 2 is 1.79 bits per heavy atom. The van der Waals surface area contributed by atoms with E-state index in [1.807, 2.05) is 4.90 Å². The number of anilines is 1. The summed E-state index contributed by atoms with van der Waals surface area (Å²) in [6.45, 7) is 0.809. The number of amides is 1. The van der Waals surface area contributed by atoms with Gasteiger partial charge in [0.1, 0.15) is 5.82 Å². The van der Waals surface area contributed by atoms with Crippen LogP contribution in [-0.2, 0) is 10.0 Å². The third-order valence-corrected chi connectivity index (χ3v) is 6.65. The summed E-state index contributed by atoms with van der Waals surface area (Å²) in [5, 5.41) is -0.264. The topological polar surface area (TPSA) is 66.5 Å². The van der Waals surface area contributed by atoms with Crippen LogP contribution >= 0.6 is 11.6 Å². The maximum atomic E-state index is 13.3. The molecule has 1 amide bonds. The molecule has 4 rings (SSSR count). The van der Waals surface area contributed by atoms with Gasteiger partial charge >= 0.3 is 0 Å². The number of hydrogen-bond donors (Lipinski definition) is 1. The van der Waals surface area contributed by atoms with Gasteiger partial charge in [0, 0.05) is 23.8 Å². The smallest absolute Gasteiger partial charge is 0.261 e. The number of benzene rings is 2. The number of nitrogens with zero attached hydrogens (tertiary/aromatic N) is 1. The number of carbonyl (C=O) groups excluding carboxylic acids is 1. The van der Waals surface area contributed by atoms with Crippen molar-refractivity contribution in [2.24, 2.45) is 5.92 Å². The first kappa shape index (κ1) is 19.2. The molecule has 2 saturated carbocycles. The lowest BCUT2D eigenvalue weighted by Gasteiger charge is -2.22. The van der Waals surface area contributed by atoms with Crippen LogP contribution in [0, 0.1) is 11.7 Å². The fourth-order valence-electron chi connectivity index (χ4n) is 3.07. The first-order valence-electron chi connectivity index (χ1n) is 9.22. The number of carbonyl (C=O) groups is 1. The van der Waals surface area contributed by atoms with E-state index in [1.165, 1.54) is 12.8 Å². The highest BCUT2D eigenvalue weighted by atomic mass is 35.5. The van der Waals surface area contributed by atoms with E-state index in [0.717, 1.165) is 37.6 Å². The zero-order chi connectivity index (χ0) is 19.9. The Morgan fingerprint density at radius 3 is 2.36 bits per heavy atom. The minimum Gasteiger partial charge on any atom is -0.335 e. The van der Waals surface area contributed by atoms with E-state index in [-0.39, 0.29) is 15.8 Å². The molecule has 2 aliphatic rings. The summed E-state index contributed by atoms with van der Waals surface area (Å²) in [5.41, 5.74) is 0.859. The molecule has 0 spiro atoms. The van der Waals surface area contributed by atoms with Gasteiger partial charge < -0.3 is 4.90 Å². The van der Waals surface area contributed by atoms with Crippen LogP contribution in [0.3, 0.4) is 0 Å². The largest absolute Gasteiger partial charge is 0.335 e. The molecule has 0 radical (unpaired) electrons. The van der Waals surface area contributed by atoms with Gasteiger partial charge in [-0.2, -0.15) is 0 Å². The molecule has 8 heteroatoms. The van der Waals surface area contributed by atoms with Crippen molar-refractivity contribution in [3.05, 3.63) is 58.9 Å². The van der Waals surface area contributed by atoms with Crippen molar-refractivity contribution in [1.29, 1.82) is 0 Å². The number of nitrogens with one attached hydrogen (secondary N) is 1. The summed E-state index contributed by atoms with van der Waals surface area (Å²) < 4.78 is 40.6. The van der Waals surface area contributed by atoms with E-state index in [9.17, 15) is 17.6 Å². The average Bonchev–Trinajstić information content (AvgIpc) is 3.55. The molecule has 5 nitrogen and oxygen atoms in total. The minimum absolute atomic E-state index is 0.00544. The van der Waals surface area contributed by atoms with Crippen molar-refractivity contribution in [3.63, 3.8) is 0 Å². The second kappa shape index (κ2) is 7.37. The van der Waals surface area contributed by atoms with Crippen molar-refractivity contribution in [2.75, 3.05) is 11.3 Å². The van der Waals surface area contributed by atoms with Gasteiger partial charge in [0.05, 0.1) is 9.92 Å². The van der Waals surface area contributed by atoms with Crippen molar-refractivity contribution in [1.82, 2.24) is 4.90 Å². The average molecular weight is 423 g/mol. The van der Waals surface area contributed by atoms with Crippen molar-refractivity contribution in [2.45, 2.75) is 36.6 Å². The third kappa shape index (κ3) is 4.31. The number of hydrogen-bond acceptors (Lipinski definition) is 3. The second-order valence-electron chi connectivity index (χ2n) is 7.39. The van der Waals surface area contributed by atoms with Crippen molar-refractivity contribution in [3.8, 4) is 0 Å². The van der Waals surface area contributed by atoms with Crippen LogP contribution in [-0.4, -0.2) is 31.8 Å². The SMILES string of the molecule is O=C(c1ccc(NS(=O)(=O)c2ccc(F)c(Cl)c2)cc1)N(CC1CC1)C1CC1. The van der Waals surface area contributed by atoms with Crippen molar-refractivity contribution >= 4 is 33.2 Å². The number of halogens is 2. The molecule has 1 N–H and O–H groups in total. The standard InChI is InChI=1S/C20H20ClFN2O3S/c21-18-11-17(9-10-19(18)22)28(26,27)23-15-5-3-14(4-6-15)20(25)24(16-7-8-16)12-13-1-2-13/h3-6,9-11,13,16,23H,1-2,7-8,12H2. The van der Waals surface area contributed by atoms with Gasteiger partial charge in [0.15, 0.2) is 0 Å². The van der Waals surface area contributed by atoms with Gasteiger partial charge in [0.25, 0.3) is 15.9 Å². The first-order valence-corrected chi connectivity index (χ1v) is 11.1. The highest BCUT2D eigenvalue weighted by Gasteiger charge is 2.36. The van der Waals surface area contributed by atoms with E-state index in [4.69, 9.17) is 11.6 Å². The van der Waals surface area contributed by atoms with Gasteiger partial charge in [0.2, 0.25) is 0 Å². The van der Waals surface area contributed by atoms with Crippen LogP contribution in [0.4, 0.5) is 10.1 Å². The van der Waals surface area contributed by atoms with Crippen LogP contribution < -0.4 is 4.72 Å². The summed E-state index contributed by atoms with van der Waals surface area (Å²) in [6.07, 6.45) is 4.47. The van der Waals surface area contributed by atoms with E-state index < -0.39 is 15.8 Å². The molecule has 0 heterocycles. The Morgan fingerprint density at radius 1 is 1.11 bits per heavy atom. The lowest BCUT2D eigenvalue weighted by Crippen LogP contribution is -2.34. The fourth-order valence-corrected chi connectivity index (χ4v) is 4.40. The summed E-state index contributed by atoms with van der Waals surface area (Å²) in [4.78, 5) is 14.6. The molecule has 0 saturated heterocycles. The maximum Gasteiger partial charge on any atom is 0.261 e. The van der Waals surface area contributed by atoms with Crippen LogP contribution in [0.25, 0.3) is 0 Å². The van der Waals surface area contributed by atoms with Gasteiger partial charge in [-0.05, 0) is 74.1 Å². The Hall–Kier alpha value is -2.12. The fraction of sp³-hybridized carbons (Fsp3) is 0.350. The van der Waals surface area contributed by atoms with Crippen LogP contribution in [0.15, 0.2) is 47.4 Å². The zero-order valence-electron chi connectivity index (χ0n) is 15.1. The summed E-state index contributed by atoms with van der Waals surface area (Å²) in [5.74, 6) is -0.0674. The maximum absolute atomic E-state index is 13.3. The van der Waals surface area contributed by atoms with Crippen LogP contribution in [0.1, 0.15) is 36.0 Å². The highest BCUT2D eigenvalue weighted by Crippen LogP contribution is 2.35. The number of rotatable bonds is 7. The first-order chi connectivity index (χ1) is 13.3. The van der Waals surface area contributed by atoms with E-state index in [1.54, 1.807) is 24.3 Å². The molecule has 2 aromatic carbocycles. The molecule has 0 aliphatic heterocycles. The third-order valence-electron chi connectivity index (χ3n) is 4.99. The molecule has 2 fully saturated rings. The van der Waals surface area contributed by atoms with E-state index in [0.29, 0.717) is 23.2 Å². The van der Waals surface area contributed by atoms with Gasteiger partial charge in [-0.1, -0.05) is 11.6 Å². The summed E-state index contributed by atoms with van der Waals surface area (Å²) in [6, 6.07) is 9.91. The molecule has 2 aliphatic carbocycles. The molecule has 28 heavy (non-hydrogen) atoms. The molecule has 0 atom stereocenters. The molecule has 0 bridgehead atoms. The minimum atomic E-state index is -3.91. The lowest BCUT2D eigenvalue weighted by molar-refractivity contribution is 0.0735. The highest BCUT2D eigenvalue weighted by molar-refractivity contribution is 7.92. The Labute approximate surface area is 168 Å². The second-order valence-corrected chi connectivity index (χ2v) is 9.48. The molecule has 0 aromatic heterocycles. The van der Waals surface area contributed by atoms with Gasteiger partial charge in [-0.25, -0.2) is 12.8 Å². The van der Waals surface area contributed by atoms with Crippen LogP contribution in [0.5, 0.6) is 0 Å². The monoisotopic (exact) mass is 422 g/mol. The van der Waals surface area contributed by atoms with E-state index >= 15 is 0 Å². The quantitative estimate of drug-likeness (QED) is 0.723. The number of sulfonamides is 1. The van der Waals surface area contributed by atoms with Gasteiger partial charge in [-0.3, -0.25) is 9.52 Å². The molecule has 2 aromatic rings. The zero-order valence-corrected chi connectivity index (χ0v) is 16.6. The Kier molecular flexibility index (Phi) is 5.05. The lowest BCUT2D eigenvalue weighted by atomic mass is 10.1. The predicted molar refractivity (Wildman–Crippen MR) is 105 cm³/mol. The summed E-state index contributed by atoms with van der Waals surface area (Å²) >= 11 is 5.67. The molecular weight excluding hydrogens is 403 g/mol. The molecular formula is C20H20ClFN2O3S. The normalized spacial score (nSPS) is 16.6. The van der Waals surface area contributed by atoms with Crippen molar-refractivity contribution < 1.29 is 17.6 Å². The summed E-state index contributed by atoms with van der Waals surface area (Å²) in [7, 11) is -3.91. The van der Waals surface area contributed by atoms with Gasteiger partial charge in [-0.15, -0.1) is 0 Å². The van der Waals surface area contributed by atoms with Crippen LogP contribution in [0.2, 0.25) is 5.02 Å². The van der Waals surface area contributed by atoms with E-state index in [2.05, 4.69) is 4.72 Å². The molecule has 148 valence electrons. The molecule has 0 unspecified atom stereocenters. The Bertz CT molecular complexity index is 1000. The Balaban J connectivity index is 1.47.